The SMILES string of the molecule is CCNC(=NCc1ccc(C(=O)N(CC)CC)cc1)NCCCN1CCCCC1C. The molecule has 1 fully saturated rings. The van der Waals surface area contributed by atoms with E-state index in [4.69, 9.17) is 4.99 Å². The zero-order valence-corrected chi connectivity index (χ0v) is 19.4. The summed E-state index contributed by atoms with van der Waals surface area (Å²) in [4.78, 5) is 21.6. The first kappa shape index (κ1) is 24.2. The third-order valence-corrected chi connectivity index (χ3v) is 5.87. The molecule has 1 aromatic rings. The maximum Gasteiger partial charge on any atom is 0.253 e. The molecule has 1 atom stereocenters. The van der Waals surface area contributed by atoms with Crippen molar-refractivity contribution in [2.24, 2.45) is 4.99 Å². The number of nitrogens with zero attached hydrogens (tertiary/aromatic N) is 3. The molecule has 6 heteroatoms. The number of amides is 1. The molecule has 30 heavy (non-hydrogen) atoms. The van der Waals surface area contributed by atoms with E-state index in [-0.39, 0.29) is 5.91 Å². The van der Waals surface area contributed by atoms with E-state index < -0.39 is 0 Å². The molecule has 6 nitrogen and oxygen atoms in total. The Morgan fingerprint density at radius 2 is 1.87 bits per heavy atom. The Morgan fingerprint density at radius 1 is 1.13 bits per heavy atom. The Labute approximate surface area is 183 Å². The Balaban J connectivity index is 1.82. The number of aliphatic imine (C=N–C) groups is 1. The highest BCUT2D eigenvalue weighted by Crippen LogP contribution is 2.16. The van der Waals surface area contributed by atoms with Crippen molar-refractivity contribution in [2.75, 3.05) is 39.3 Å². The van der Waals surface area contributed by atoms with Crippen LogP contribution in [0.5, 0.6) is 0 Å². The lowest BCUT2D eigenvalue weighted by Crippen LogP contribution is -2.41. The minimum absolute atomic E-state index is 0.0908. The van der Waals surface area contributed by atoms with Gasteiger partial charge >= 0.3 is 0 Å². The van der Waals surface area contributed by atoms with E-state index in [1.54, 1.807) is 0 Å². The lowest BCUT2D eigenvalue weighted by Gasteiger charge is -2.33. The number of likely N-dealkylation sites (tertiary alicyclic amines) is 1. The highest BCUT2D eigenvalue weighted by molar-refractivity contribution is 5.94. The van der Waals surface area contributed by atoms with Crippen LogP contribution in [-0.4, -0.2) is 67.0 Å². The van der Waals surface area contributed by atoms with Gasteiger partial charge in [-0.25, -0.2) is 4.99 Å². The predicted molar refractivity (Wildman–Crippen MR) is 126 cm³/mol. The molecule has 1 aromatic carbocycles. The van der Waals surface area contributed by atoms with Crippen LogP contribution < -0.4 is 10.6 Å². The molecule has 0 aliphatic carbocycles. The summed E-state index contributed by atoms with van der Waals surface area (Å²) >= 11 is 0. The fourth-order valence-electron chi connectivity index (χ4n) is 3.94. The van der Waals surface area contributed by atoms with Gasteiger partial charge in [0.1, 0.15) is 0 Å². The van der Waals surface area contributed by atoms with Crippen LogP contribution in [0.25, 0.3) is 0 Å². The lowest BCUT2D eigenvalue weighted by atomic mass is 10.0. The zero-order chi connectivity index (χ0) is 21.8. The largest absolute Gasteiger partial charge is 0.357 e. The number of carbonyl (C=O) groups excluding carboxylic acids is 1. The molecule has 1 unspecified atom stereocenters. The van der Waals surface area contributed by atoms with Crippen LogP contribution in [0.3, 0.4) is 0 Å². The van der Waals surface area contributed by atoms with Crippen LogP contribution in [0.2, 0.25) is 0 Å². The fraction of sp³-hybridized carbons (Fsp3) is 0.667. The summed E-state index contributed by atoms with van der Waals surface area (Å²) in [5, 5.41) is 6.78. The average Bonchev–Trinajstić information content (AvgIpc) is 2.77. The summed E-state index contributed by atoms with van der Waals surface area (Å²) in [5.74, 6) is 0.945. The second kappa shape index (κ2) is 13.3. The highest BCUT2D eigenvalue weighted by Gasteiger charge is 2.17. The van der Waals surface area contributed by atoms with E-state index in [9.17, 15) is 4.79 Å². The second-order valence-corrected chi connectivity index (χ2v) is 8.03. The summed E-state index contributed by atoms with van der Waals surface area (Å²) < 4.78 is 0. The van der Waals surface area contributed by atoms with Crippen molar-refractivity contribution in [3.63, 3.8) is 0 Å². The van der Waals surface area contributed by atoms with Crippen molar-refractivity contribution in [1.82, 2.24) is 20.4 Å². The number of rotatable bonds is 10. The maximum absolute atomic E-state index is 12.4. The molecule has 168 valence electrons. The van der Waals surface area contributed by atoms with Crippen LogP contribution in [0.1, 0.15) is 69.3 Å². The number of piperidine rings is 1. The van der Waals surface area contributed by atoms with Gasteiger partial charge in [-0.15, -0.1) is 0 Å². The molecule has 1 saturated heterocycles. The average molecular weight is 416 g/mol. The Bertz CT molecular complexity index is 654. The van der Waals surface area contributed by atoms with Crippen molar-refractivity contribution in [3.05, 3.63) is 35.4 Å². The van der Waals surface area contributed by atoms with Crippen molar-refractivity contribution < 1.29 is 4.79 Å². The first-order valence-corrected chi connectivity index (χ1v) is 11.7. The summed E-state index contributed by atoms with van der Waals surface area (Å²) in [6.45, 7) is 14.7. The van der Waals surface area contributed by atoms with Crippen LogP contribution in [-0.2, 0) is 6.54 Å². The molecule has 1 amide bonds. The van der Waals surface area contributed by atoms with Gasteiger partial charge in [-0.2, -0.15) is 0 Å². The molecule has 2 N–H and O–H groups in total. The number of hydrogen-bond acceptors (Lipinski definition) is 3. The Morgan fingerprint density at radius 3 is 2.50 bits per heavy atom. The normalized spacial score (nSPS) is 17.6. The minimum atomic E-state index is 0.0908. The number of guanidine groups is 1. The Kier molecular flexibility index (Phi) is 10.7. The Hall–Kier alpha value is -2.08. The minimum Gasteiger partial charge on any atom is -0.357 e. The first-order valence-electron chi connectivity index (χ1n) is 11.7. The molecule has 2 rings (SSSR count). The van der Waals surface area contributed by atoms with Gasteiger partial charge in [0.2, 0.25) is 0 Å². The van der Waals surface area contributed by atoms with Gasteiger partial charge in [0, 0.05) is 44.3 Å². The van der Waals surface area contributed by atoms with E-state index in [1.807, 2.05) is 43.0 Å². The number of hydrogen-bond donors (Lipinski definition) is 2. The molecule has 1 aliphatic heterocycles. The topological polar surface area (TPSA) is 60.0 Å². The molecule has 1 heterocycles. The van der Waals surface area contributed by atoms with E-state index >= 15 is 0 Å². The molecule has 0 aromatic heterocycles. The summed E-state index contributed by atoms with van der Waals surface area (Å²) in [5.41, 5.74) is 1.84. The third kappa shape index (κ3) is 7.63. The molecule has 0 saturated carbocycles. The van der Waals surface area contributed by atoms with Gasteiger partial charge in [0.05, 0.1) is 6.54 Å². The van der Waals surface area contributed by atoms with E-state index in [0.717, 1.165) is 62.3 Å². The van der Waals surface area contributed by atoms with Crippen LogP contribution in [0.4, 0.5) is 0 Å². The van der Waals surface area contributed by atoms with Crippen molar-refractivity contribution in [3.8, 4) is 0 Å². The third-order valence-electron chi connectivity index (χ3n) is 5.87. The van der Waals surface area contributed by atoms with Crippen molar-refractivity contribution in [1.29, 1.82) is 0 Å². The molecule has 0 radical (unpaired) electrons. The van der Waals surface area contributed by atoms with Gasteiger partial charge in [-0.1, -0.05) is 18.6 Å². The zero-order valence-electron chi connectivity index (χ0n) is 19.4. The van der Waals surface area contributed by atoms with Gasteiger partial charge in [0.15, 0.2) is 5.96 Å². The molecular formula is C24H41N5O. The second-order valence-electron chi connectivity index (χ2n) is 8.03. The van der Waals surface area contributed by atoms with E-state index in [1.165, 1.54) is 25.8 Å². The summed E-state index contributed by atoms with van der Waals surface area (Å²) in [6.07, 6.45) is 5.16. The lowest BCUT2D eigenvalue weighted by molar-refractivity contribution is 0.0773. The predicted octanol–water partition coefficient (Wildman–Crippen LogP) is 3.49. The molecule has 0 spiro atoms. The van der Waals surface area contributed by atoms with Crippen LogP contribution >= 0.6 is 0 Å². The standard InChI is InChI=1S/C24H41N5O/c1-5-25-24(26-16-10-18-29-17-9-8-11-20(29)4)27-19-21-12-14-22(15-13-21)23(30)28(6-2)7-3/h12-15,20H,5-11,16-19H2,1-4H3,(H2,25,26,27). The van der Waals surface area contributed by atoms with Crippen molar-refractivity contribution in [2.45, 2.75) is 66.0 Å². The van der Waals surface area contributed by atoms with Crippen LogP contribution in [0.15, 0.2) is 29.3 Å². The molecule has 0 bridgehead atoms. The molecule has 1 aliphatic rings. The quantitative estimate of drug-likeness (QED) is 0.349. The monoisotopic (exact) mass is 415 g/mol. The fourth-order valence-corrected chi connectivity index (χ4v) is 3.94. The van der Waals surface area contributed by atoms with Gasteiger partial charge < -0.3 is 20.4 Å². The number of nitrogens with one attached hydrogen (secondary N) is 2. The first-order chi connectivity index (χ1) is 14.6. The van der Waals surface area contributed by atoms with E-state index in [2.05, 4.69) is 29.4 Å². The number of carbonyl (C=O) groups is 1. The van der Waals surface area contributed by atoms with Crippen LogP contribution in [0, 0.1) is 0 Å². The van der Waals surface area contributed by atoms with Gasteiger partial charge in [-0.05, 0) is 71.2 Å². The van der Waals surface area contributed by atoms with Gasteiger partial charge in [-0.3, -0.25) is 4.79 Å². The van der Waals surface area contributed by atoms with E-state index in [0.29, 0.717) is 6.54 Å². The summed E-state index contributed by atoms with van der Waals surface area (Å²) in [7, 11) is 0. The maximum atomic E-state index is 12.4. The smallest absolute Gasteiger partial charge is 0.253 e. The number of benzene rings is 1. The van der Waals surface area contributed by atoms with Gasteiger partial charge in [0.25, 0.3) is 5.91 Å². The van der Waals surface area contributed by atoms with Crippen molar-refractivity contribution >= 4 is 11.9 Å². The summed E-state index contributed by atoms with van der Waals surface area (Å²) in [6, 6.07) is 8.54. The highest BCUT2D eigenvalue weighted by atomic mass is 16.2. The molecular weight excluding hydrogens is 374 g/mol.